The number of hydrogen-bond donors (Lipinski definition) is 2. The van der Waals surface area contributed by atoms with E-state index in [1.54, 1.807) is 43.5 Å². The van der Waals surface area contributed by atoms with Gasteiger partial charge in [-0.3, -0.25) is 4.79 Å². The number of carboxylic acid groups (broad SMARTS) is 1. The summed E-state index contributed by atoms with van der Waals surface area (Å²) >= 11 is 0. The summed E-state index contributed by atoms with van der Waals surface area (Å²) in [6.45, 7) is -0.394. The Labute approximate surface area is 144 Å². The van der Waals surface area contributed by atoms with Crippen LogP contribution in [0.2, 0.25) is 0 Å². The van der Waals surface area contributed by atoms with Crippen LogP contribution in [0.25, 0.3) is 0 Å². The summed E-state index contributed by atoms with van der Waals surface area (Å²) in [6.07, 6.45) is 1.70. The zero-order chi connectivity index (χ0) is 18.1. The molecule has 0 saturated carbocycles. The number of benzene rings is 2. The molecular weight excluding hydrogens is 324 g/mol. The molecule has 2 rings (SSSR count). The van der Waals surface area contributed by atoms with Crippen molar-refractivity contribution in [1.29, 1.82) is 0 Å². The van der Waals surface area contributed by atoms with E-state index in [4.69, 9.17) is 14.6 Å². The molecular formula is C18H18N2O5. The highest BCUT2D eigenvalue weighted by Crippen LogP contribution is 2.12. The third-order valence-electron chi connectivity index (χ3n) is 3.17. The van der Waals surface area contributed by atoms with Crippen molar-refractivity contribution in [2.75, 3.05) is 13.7 Å². The van der Waals surface area contributed by atoms with E-state index < -0.39 is 12.6 Å². The second-order valence-electron chi connectivity index (χ2n) is 5.07. The molecule has 0 aromatic heterocycles. The minimum atomic E-state index is -1.04. The third-order valence-corrected chi connectivity index (χ3v) is 3.17. The van der Waals surface area contributed by atoms with Crippen molar-refractivity contribution in [2.24, 2.45) is 5.10 Å². The number of carbonyl (C=O) groups excluding carboxylic acids is 1. The molecule has 2 aromatic rings. The van der Waals surface area contributed by atoms with Crippen molar-refractivity contribution >= 4 is 18.1 Å². The molecule has 0 unspecified atom stereocenters. The molecule has 0 spiro atoms. The van der Waals surface area contributed by atoms with Gasteiger partial charge < -0.3 is 14.6 Å². The number of rotatable bonds is 8. The van der Waals surface area contributed by atoms with E-state index in [1.807, 2.05) is 12.1 Å². The van der Waals surface area contributed by atoms with Crippen molar-refractivity contribution in [3.63, 3.8) is 0 Å². The van der Waals surface area contributed by atoms with Gasteiger partial charge in [0.2, 0.25) is 5.91 Å². The van der Waals surface area contributed by atoms with Gasteiger partial charge in [0.25, 0.3) is 0 Å². The van der Waals surface area contributed by atoms with Crippen LogP contribution in [0.5, 0.6) is 11.5 Å². The van der Waals surface area contributed by atoms with Crippen molar-refractivity contribution in [1.82, 2.24) is 5.43 Å². The van der Waals surface area contributed by atoms with Gasteiger partial charge in [-0.25, -0.2) is 10.2 Å². The number of carboxylic acids is 1. The Morgan fingerprint density at radius 1 is 1.08 bits per heavy atom. The lowest BCUT2D eigenvalue weighted by Crippen LogP contribution is -2.19. The Balaban J connectivity index is 1.81. The van der Waals surface area contributed by atoms with Gasteiger partial charge in [-0.2, -0.15) is 5.10 Å². The first-order valence-electron chi connectivity index (χ1n) is 7.46. The molecule has 25 heavy (non-hydrogen) atoms. The summed E-state index contributed by atoms with van der Waals surface area (Å²) < 4.78 is 10.1. The zero-order valence-electron chi connectivity index (χ0n) is 13.6. The summed E-state index contributed by atoms with van der Waals surface area (Å²) in [5.74, 6) is -0.0888. The average molecular weight is 342 g/mol. The van der Waals surface area contributed by atoms with Gasteiger partial charge in [-0.15, -0.1) is 0 Å². The first-order valence-corrected chi connectivity index (χ1v) is 7.46. The molecule has 7 heteroatoms. The normalized spacial score (nSPS) is 10.4. The van der Waals surface area contributed by atoms with E-state index in [9.17, 15) is 9.59 Å². The first kappa shape index (κ1) is 18.0. The van der Waals surface area contributed by atoms with Crippen LogP contribution in [0.15, 0.2) is 53.6 Å². The van der Waals surface area contributed by atoms with E-state index in [0.717, 1.165) is 16.9 Å². The third kappa shape index (κ3) is 6.34. The summed E-state index contributed by atoms with van der Waals surface area (Å²) in [4.78, 5) is 22.2. The standard InChI is InChI=1S/C18H18N2O5/c1-24-15-6-2-13(3-7-15)10-17(21)20-19-11-14-4-8-16(9-5-14)25-12-18(22)23/h2-9,11H,10,12H2,1H3,(H,20,21)(H,22,23)/b19-11+. The second kappa shape index (κ2) is 9.07. The fourth-order valence-corrected chi connectivity index (χ4v) is 1.94. The molecule has 0 aliphatic rings. The second-order valence-corrected chi connectivity index (χ2v) is 5.07. The van der Waals surface area contributed by atoms with E-state index >= 15 is 0 Å². The number of ether oxygens (including phenoxy) is 2. The van der Waals surface area contributed by atoms with Gasteiger partial charge in [0, 0.05) is 0 Å². The van der Waals surface area contributed by atoms with Crippen LogP contribution >= 0.6 is 0 Å². The van der Waals surface area contributed by atoms with Crippen LogP contribution in [0.3, 0.4) is 0 Å². The van der Waals surface area contributed by atoms with Gasteiger partial charge in [0.1, 0.15) is 11.5 Å². The molecule has 0 aliphatic carbocycles. The quantitative estimate of drug-likeness (QED) is 0.564. The van der Waals surface area contributed by atoms with Crippen molar-refractivity contribution in [2.45, 2.75) is 6.42 Å². The SMILES string of the molecule is COc1ccc(CC(=O)N/N=C/c2ccc(OCC(=O)O)cc2)cc1. The van der Waals surface area contributed by atoms with E-state index in [-0.39, 0.29) is 12.3 Å². The Morgan fingerprint density at radius 2 is 1.72 bits per heavy atom. The summed E-state index contributed by atoms with van der Waals surface area (Å²) in [7, 11) is 1.58. The Kier molecular flexibility index (Phi) is 6.53. The molecule has 2 N–H and O–H groups in total. The highest BCUT2D eigenvalue weighted by molar-refractivity contribution is 5.83. The maximum atomic E-state index is 11.8. The fraction of sp³-hybridized carbons (Fsp3) is 0.167. The average Bonchev–Trinajstić information content (AvgIpc) is 2.61. The molecule has 1 amide bonds. The lowest BCUT2D eigenvalue weighted by molar-refractivity contribution is -0.139. The van der Waals surface area contributed by atoms with Crippen LogP contribution in [0.4, 0.5) is 0 Å². The summed E-state index contributed by atoms with van der Waals surface area (Å²) in [5.41, 5.74) is 4.05. The maximum absolute atomic E-state index is 11.8. The van der Waals surface area contributed by atoms with E-state index in [1.165, 1.54) is 6.21 Å². The van der Waals surface area contributed by atoms with Gasteiger partial charge >= 0.3 is 5.97 Å². The highest BCUT2D eigenvalue weighted by atomic mass is 16.5. The fourth-order valence-electron chi connectivity index (χ4n) is 1.94. The van der Waals surface area contributed by atoms with Gasteiger partial charge in [0.15, 0.2) is 6.61 Å². The number of methoxy groups -OCH3 is 1. The van der Waals surface area contributed by atoms with Gasteiger partial charge in [-0.1, -0.05) is 12.1 Å². The maximum Gasteiger partial charge on any atom is 0.341 e. The molecule has 0 fully saturated rings. The lowest BCUT2D eigenvalue weighted by atomic mass is 10.1. The van der Waals surface area contributed by atoms with Gasteiger partial charge in [0.05, 0.1) is 19.7 Å². The Bertz CT molecular complexity index is 739. The molecule has 0 heterocycles. The minimum Gasteiger partial charge on any atom is -0.497 e. The van der Waals surface area contributed by atoms with Crippen molar-refractivity contribution in [3.8, 4) is 11.5 Å². The molecule has 2 aromatic carbocycles. The lowest BCUT2D eigenvalue weighted by Gasteiger charge is -2.03. The number of aliphatic carboxylic acids is 1. The molecule has 0 bridgehead atoms. The highest BCUT2D eigenvalue weighted by Gasteiger charge is 2.02. The zero-order valence-corrected chi connectivity index (χ0v) is 13.6. The minimum absolute atomic E-state index is 0.212. The summed E-state index contributed by atoms with van der Waals surface area (Å²) in [6, 6.07) is 13.9. The monoisotopic (exact) mass is 342 g/mol. The molecule has 7 nitrogen and oxygen atoms in total. The summed E-state index contributed by atoms with van der Waals surface area (Å²) in [5, 5.41) is 12.4. The smallest absolute Gasteiger partial charge is 0.341 e. The molecule has 0 atom stereocenters. The number of nitrogens with zero attached hydrogens (tertiary/aromatic N) is 1. The number of carbonyl (C=O) groups is 2. The van der Waals surface area contributed by atoms with Crippen LogP contribution in [-0.2, 0) is 16.0 Å². The van der Waals surface area contributed by atoms with Crippen LogP contribution in [-0.4, -0.2) is 36.9 Å². The molecule has 0 saturated heterocycles. The molecule has 0 radical (unpaired) electrons. The topological polar surface area (TPSA) is 97.2 Å². The van der Waals surface area contributed by atoms with Crippen LogP contribution < -0.4 is 14.9 Å². The number of nitrogens with one attached hydrogen (secondary N) is 1. The number of amides is 1. The number of hydrazone groups is 1. The van der Waals surface area contributed by atoms with Gasteiger partial charge in [-0.05, 0) is 47.5 Å². The van der Waals surface area contributed by atoms with E-state index in [2.05, 4.69) is 10.5 Å². The number of hydrogen-bond acceptors (Lipinski definition) is 5. The van der Waals surface area contributed by atoms with E-state index in [0.29, 0.717) is 5.75 Å². The first-order chi connectivity index (χ1) is 12.1. The predicted molar refractivity (Wildman–Crippen MR) is 92.0 cm³/mol. The molecule has 130 valence electrons. The van der Waals surface area contributed by atoms with Crippen molar-refractivity contribution in [3.05, 3.63) is 59.7 Å². The van der Waals surface area contributed by atoms with Crippen LogP contribution in [0.1, 0.15) is 11.1 Å². The Morgan fingerprint density at radius 3 is 2.32 bits per heavy atom. The predicted octanol–water partition coefficient (Wildman–Crippen LogP) is 1.85. The van der Waals surface area contributed by atoms with Crippen LogP contribution in [0, 0.1) is 0 Å². The molecule has 0 aliphatic heterocycles. The van der Waals surface area contributed by atoms with Crippen molar-refractivity contribution < 1.29 is 24.2 Å². The largest absolute Gasteiger partial charge is 0.497 e. The Hall–Kier alpha value is -3.35.